The summed E-state index contributed by atoms with van der Waals surface area (Å²) < 4.78 is 19.6. The van der Waals surface area contributed by atoms with Crippen LogP contribution in [0.3, 0.4) is 0 Å². The van der Waals surface area contributed by atoms with Crippen LogP contribution in [-0.4, -0.2) is 17.1 Å². The highest BCUT2D eigenvalue weighted by atomic mass is 79.9. The summed E-state index contributed by atoms with van der Waals surface area (Å²) in [6.45, 7) is 6.03. The van der Waals surface area contributed by atoms with Crippen LogP contribution in [0.1, 0.15) is 34.1 Å². The Labute approximate surface area is 226 Å². The normalized spacial score (nSPS) is 11.3. The topological polar surface area (TPSA) is 70.7 Å². The minimum Gasteiger partial charge on any atom is -0.488 e. The molecule has 0 radical (unpaired) electrons. The van der Waals surface area contributed by atoms with Gasteiger partial charge in [0.2, 0.25) is 0 Å². The van der Waals surface area contributed by atoms with Crippen molar-refractivity contribution in [2.75, 3.05) is 6.61 Å². The van der Waals surface area contributed by atoms with Crippen LogP contribution in [-0.2, 0) is 11.3 Å². The number of halogens is 2. The van der Waals surface area contributed by atoms with Gasteiger partial charge in [0.25, 0.3) is 0 Å². The maximum Gasteiger partial charge on any atom is 0.340 e. The van der Waals surface area contributed by atoms with Crippen molar-refractivity contribution >= 4 is 55.4 Å². The van der Waals surface area contributed by atoms with Crippen LogP contribution < -0.4 is 10.4 Å². The molecule has 0 aliphatic heterocycles. The van der Waals surface area contributed by atoms with Crippen molar-refractivity contribution in [2.45, 2.75) is 27.4 Å². The van der Waals surface area contributed by atoms with Crippen molar-refractivity contribution in [1.29, 1.82) is 0 Å². The average Bonchev–Trinajstić information content (AvgIpc) is 3.14. The van der Waals surface area contributed by atoms with E-state index >= 15 is 0 Å². The van der Waals surface area contributed by atoms with Gasteiger partial charge in [-0.2, -0.15) is 0 Å². The van der Waals surface area contributed by atoms with Gasteiger partial charge >= 0.3 is 11.6 Å². The van der Waals surface area contributed by atoms with Crippen molar-refractivity contribution in [3.8, 4) is 11.4 Å². The highest BCUT2D eigenvalue weighted by Gasteiger charge is 2.24. The first kappa shape index (κ1) is 25.1. The van der Waals surface area contributed by atoms with Crippen LogP contribution in [0.4, 0.5) is 0 Å². The van der Waals surface area contributed by atoms with Crippen LogP contribution in [0.25, 0.3) is 27.6 Å². The van der Waals surface area contributed by atoms with E-state index < -0.39 is 11.6 Å². The molecular weight excluding hydrogens is 558 g/mol. The van der Waals surface area contributed by atoms with Gasteiger partial charge in [0, 0.05) is 38.8 Å². The molecule has 0 aliphatic rings. The number of hydrogen-bond donors (Lipinski definition) is 0. The molecule has 0 bridgehead atoms. The predicted molar refractivity (Wildman–Crippen MR) is 148 cm³/mol. The van der Waals surface area contributed by atoms with E-state index in [9.17, 15) is 9.59 Å². The Kier molecular flexibility index (Phi) is 6.84. The van der Waals surface area contributed by atoms with E-state index in [0.29, 0.717) is 37.3 Å². The highest BCUT2D eigenvalue weighted by molar-refractivity contribution is 9.10. The van der Waals surface area contributed by atoms with Gasteiger partial charge in [0.15, 0.2) is 0 Å². The zero-order chi connectivity index (χ0) is 26.3. The summed E-state index contributed by atoms with van der Waals surface area (Å²) >= 11 is 9.74. The molecule has 5 rings (SSSR count). The van der Waals surface area contributed by atoms with Crippen LogP contribution in [0.5, 0.6) is 5.75 Å². The van der Waals surface area contributed by atoms with Crippen molar-refractivity contribution < 1.29 is 18.7 Å². The molecular formula is C29H23BrClNO5. The lowest BCUT2D eigenvalue weighted by molar-refractivity contribution is 0.0527. The number of rotatable bonds is 6. The minimum absolute atomic E-state index is 0.140. The van der Waals surface area contributed by atoms with Gasteiger partial charge in [-0.05, 0) is 85.2 Å². The third kappa shape index (κ3) is 4.77. The summed E-state index contributed by atoms with van der Waals surface area (Å²) in [5.74, 6) is 0.119. The molecule has 188 valence electrons. The Hall–Kier alpha value is -3.55. The lowest BCUT2D eigenvalue weighted by atomic mass is 10.1. The number of carbonyl (C=O) groups excluding carboxylic acids is 1. The van der Waals surface area contributed by atoms with Gasteiger partial charge in [0.1, 0.15) is 17.9 Å². The first-order valence-electron chi connectivity index (χ1n) is 11.7. The SMILES string of the molecule is CCOC(=O)c1c(C)n(-c2ccc(Cl)cc2)c2cc(Br)c(OCc3cc(=O)oc4ccc(C)cc34)cc12. The fourth-order valence-electron chi connectivity index (χ4n) is 4.53. The monoisotopic (exact) mass is 579 g/mol. The number of aromatic nitrogens is 1. The van der Waals surface area contributed by atoms with Crippen molar-refractivity contribution in [3.05, 3.63) is 103 Å². The molecule has 8 heteroatoms. The van der Waals surface area contributed by atoms with Gasteiger partial charge in [-0.15, -0.1) is 0 Å². The molecule has 0 saturated carbocycles. The smallest absolute Gasteiger partial charge is 0.340 e. The molecule has 2 heterocycles. The lowest BCUT2D eigenvalue weighted by Crippen LogP contribution is -2.07. The quantitative estimate of drug-likeness (QED) is 0.153. The molecule has 37 heavy (non-hydrogen) atoms. The number of esters is 1. The van der Waals surface area contributed by atoms with E-state index in [1.807, 2.05) is 54.8 Å². The molecule has 0 saturated heterocycles. The van der Waals surface area contributed by atoms with E-state index in [-0.39, 0.29) is 13.2 Å². The fraction of sp³-hybridized carbons (Fsp3) is 0.172. The first-order chi connectivity index (χ1) is 17.8. The Bertz CT molecular complexity index is 1720. The molecule has 0 fully saturated rings. The predicted octanol–water partition coefficient (Wildman–Crippen LogP) is 7.53. The Morgan fingerprint density at radius 2 is 1.78 bits per heavy atom. The number of aryl methyl sites for hydroxylation is 1. The van der Waals surface area contributed by atoms with Gasteiger partial charge in [0.05, 0.1) is 22.2 Å². The van der Waals surface area contributed by atoms with E-state index in [4.69, 9.17) is 25.5 Å². The second-order valence-corrected chi connectivity index (χ2v) is 9.96. The number of carbonyl (C=O) groups is 1. The summed E-state index contributed by atoms with van der Waals surface area (Å²) in [4.78, 5) is 25.1. The molecule has 3 aromatic carbocycles. The maximum atomic E-state index is 13.0. The summed E-state index contributed by atoms with van der Waals surface area (Å²) in [6.07, 6.45) is 0. The molecule has 5 aromatic rings. The second-order valence-electron chi connectivity index (χ2n) is 8.67. The second kappa shape index (κ2) is 10.1. The minimum atomic E-state index is -0.440. The van der Waals surface area contributed by atoms with Crippen molar-refractivity contribution in [3.63, 3.8) is 0 Å². The van der Waals surface area contributed by atoms with Crippen LogP contribution in [0.2, 0.25) is 5.02 Å². The fourth-order valence-corrected chi connectivity index (χ4v) is 5.10. The van der Waals surface area contributed by atoms with Crippen LogP contribution >= 0.6 is 27.5 Å². The van der Waals surface area contributed by atoms with E-state index in [1.54, 1.807) is 25.1 Å². The molecule has 2 aromatic heterocycles. The van der Waals surface area contributed by atoms with Crippen LogP contribution in [0.15, 0.2) is 74.3 Å². The molecule has 0 aliphatic carbocycles. The number of hydrogen-bond acceptors (Lipinski definition) is 5. The number of fused-ring (bicyclic) bond motifs is 2. The van der Waals surface area contributed by atoms with E-state index in [0.717, 1.165) is 27.8 Å². The number of benzene rings is 3. The third-order valence-electron chi connectivity index (χ3n) is 6.19. The standard InChI is InChI=1S/C29H23BrClNO5/c1-4-35-29(34)28-17(3)32(20-8-6-19(31)7-9-20)24-14-23(30)26(13-22(24)28)36-15-18-12-27(33)37-25-10-5-16(2)11-21(18)25/h5-14H,4,15H2,1-3H3. The van der Waals surface area contributed by atoms with Crippen molar-refractivity contribution in [1.82, 2.24) is 4.57 Å². The Morgan fingerprint density at radius 3 is 2.51 bits per heavy atom. The highest BCUT2D eigenvalue weighted by Crippen LogP contribution is 2.37. The largest absolute Gasteiger partial charge is 0.488 e. The summed E-state index contributed by atoms with van der Waals surface area (Å²) in [7, 11) is 0. The third-order valence-corrected chi connectivity index (χ3v) is 7.06. The molecule has 0 amide bonds. The summed E-state index contributed by atoms with van der Waals surface area (Å²) in [5, 5.41) is 2.13. The zero-order valence-corrected chi connectivity index (χ0v) is 22.8. The molecule has 6 nitrogen and oxygen atoms in total. The lowest BCUT2D eigenvalue weighted by Gasteiger charge is -2.12. The van der Waals surface area contributed by atoms with E-state index in [1.165, 1.54) is 6.07 Å². The Morgan fingerprint density at radius 1 is 1.03 bits per heavy atom. The zero-order valence-electron chi connectivity index (χ0n) is 20.4. The van der Waals surface area contributed by atoms with Gasteiger partial charge in [-0.3, -0.25) is 0 Å². The first-order valence-corrected chi connectivity index (χ1v) is 12.9. The number of nitrogens with zero attached hydrogens (tertiary/aromatic N) is 1. The van der Waals surface area contributed by atoms with Gasteiger partial charge in [-0.1, -0.05) is 23.2 Å². The molecule has 0 spiro atoms. The maximum absolute atomic E-state index is 13.0. The molecule has 0 unspecified atom stereocenters. The molecule has 0 atom stereocenters. The molecule has 0 N–H and O–H groups in total. The van der Waals surface area contributed by atoms with Gasteiger partial charge < -0.3 is 18.5 Å². The number of ether oxygens (including phenoxy) is 2. The average molecular weight is 581 g/mol. The van der Waals surface area contributed by atoms with Crippen molar-refractivity contribution in [2.24, 2.45) is 0 Å². The summed E-state index contributed by atoms with van der Waals surface area (Å²) in [5.41, 5.74) is 4.69. The summed E-state index contributed by atoms with van der Waals surface area (Å²) in [6, 6.07) is 18.2. The Balaban J connectivity index is 1.62. The van der Waals surface area contributed by atoms with Crippen LogP contribution in [0, 0.1) is 13.8 Å². The van der Waals surface area contributed by atoms with Gasteiger partial charge in [-0.25, -0.2) is 9.59 Å². The van der Waals surface area contributed by atoms with E-state index in [2.05, 4.69) is 15.9 Å².